The summed E-state index contributed by atoms with van der Waals surface area (Å²) in [5.74, 6) is 0.161. The van der Waals surface area contributed by atoms with Crippen LogP contribution in [0.5, 0.6) is 0 Å². The number of ether oxygens (including phenoxy) is 2. The zero-order valence-corrected chi connectivity index (χ0v) is 19.7. The van der Waals surface area contributed by atoms with Crippen LogP contribution >= 0.6 is 0 Å². The standard InChI is InChI=1S/C23H32F6O3/c1-14(2)13-17(19(3,4)5)15-9-11-16(12-10-15)21(22(24,25)26,23(27,28)29)32-18(30)31-20(6,7)8/h9-12,14,17H,13H2,1-8H3. The number of halogens is 6. The van der Waals surface area contributed by atoms with E-state index in [9.17, 15) is 31.1 Å². The van der Waals surface area contributed by atoms with Crippen LogP contribution < -0.4 is 0 Å². The Morgan fingerprint density at radius 2 is 1.25 bits per heavy atom. The molecule has 184 valence electrons. The summed E-state index contributed by atoms with van der Waals surface area (Å²) in [6.45, 7) is 13.7. The molecule has 0 spiro atoms. The smallest absolute Gasteiger partial charge is 0.429 e. The Morgan fingerprint density at radius 3 is 1.56 bits per heavy atom. The van der Waals surface area contributed by atoms with Crippen LogP contribution in [0.2, 0.25) is 0 Å². The Bertz CT molecular complexity index is 751. The second kappa shape index (κ2) is 9.14. The molecule has 0 heterocycles. The van der Waals surface area contributed by atoms with Gasteiger partial charge in [0.15, 0.2) is 0 Å². The zero-order chi connectivity index (χ0) is 25.3. The first-order chi connectivity index (χ1) is 14.1. The number of benzene rings is 1. The number of hydrogen-bond donors (Lipinski definition) is 0. The summed E-state index contributed by atoms with van der Waals surface area (Å²) in [6, 6.07) is 3.91. The van der Waals surface area contributed by atoms with Gasteiger partial charge in [0, 0.05) is 5.56 Å². The number of carbonyl (C=O) groups is 1. The average Bonchev–Trinajstić information content (AvgIpc) is 2.53. The molecule has 0 aliphatic rings. The monoisotopic (exact) mass is 470 g/mol. The van der Waals surface area contributed by atoms with Crippen LogP contribution in [0.1, 0.15) is 78.9 Å². The van der Waals surface area contributed by atoms with Crippen LogP contribution in [0.3, 0.4) is 0 Å². The van der Waals surface area contributed by atoms with Gasteiger partial charge >= 0.3 is 24.1 Å². The van der Waals surface area contributed by atoms with Gasteiger partial charge in [0.05, 0.1) is 0 Å². The van der Waals surface area contributed by atoms with Crippen LogP contribution in [0.25, 0.3) is 0 Å². The fourth-order valence-electron chi connectivity index (χ4n) is 3.47. The van der Waals surface area contributed by atoms with E-state index in [1.54, 1.807) is 0 Å². The third kappa shape index (κ3) is 6.54. The van der Waals surface area contributed by atoms with E-state index < -0.39 is 35.3 Å². The van der Waals surface area contributed by atoms with Gasteiger partial charge in [-0.25, -0.2) is 4.79 Å². The van der Waals surface area contributed by atoms with E-state index in [-0.39, 0.29) is 17.3 Å². The molecule has 1 unspecified atom stereocenters. The zero-order valence-electron chi connectivity index (χ0n) is 19.7. The molecule has 1 atom stereocenters. The fraction of sp³-hybridized carbons (Fsp3) is 0.696. The molecule has 0 radical (unpaired) electrons. The minimum atomic E-state index is -5.98. The molecule has 9 heteroatoms. The highest BCUT2D eigenvalue weighted by Gasteiger charge is 2.75. The van der Waals surface area contributed by atoms with Gasteiger partial charge in [-0.05, 0) is 50.0 Å². The van der Waals surface area contributed by atoms with Gasteiger partial charge in [-0.15, -0.1) is 0 Å². The summed E-state index contributed by atoms with van der Waals surface area (Å²) in [5, 5.41) is 0. The summed E-state index contributed by atoms with van der Waals surface area (Å²) in [5.41, 5.74) is -7.13. The van der Waals surface area contributed by atoms with E-state index in [0.717, 1.165) is 12.1 Å². The van der Waals surface area contributed by atoms with Crippen LogP contribution in [0.15, 0.2) is 24.3 Å². The summed E-state index contributed by atoms with van der Waals surface area (Å²) in [4.78, 5) is 11.9. The van der Waals surface area contributed by atoms with Crippen LogP contribution in [0.4, 0.5) is 31.1 Å². The average molecular weight is 470 g/mol. The van der Waals surface area contributed by atoms with Crippen molar-refractivity contribution >= 4 is 6.16 Å². The Morgan fingerprint density at radius 1 is 0.812 bits per heavy atom. The molecular formula is C23H32F6O3. The molecule has 0 saturated carbocycles. The summed E-state index contributed by atoms with van der Waals surface area (Å²) in [7, 11) is 0. The molecule has 0 amide bonds. The SMILES string of the molecule is CC(C)CC(c1ccc(C(OC(=O)OC(C)(C)C)(C(F)(F)F)C(F)(F)F)cc1)C(C)(C)C. The molecule has 1 aromatic carbocycles. The maximum Gasteiger partial charge on any atom is 0.510 e. The van der Waals surface area contributed by atoms with E-state index >= 15 is 0 Å². The molecule has 0 aromatic heterocycles. The second-order valence-electron chi connectivity index (χ2n) is 10.4. The predicted molar refractivity (Wildman–Crippen MR) is 109 cm³/mol. The van der Waals surface area contributed by atoms with Crippen molar-refractivity contribution in [3.8, 4) is 0 Å². The van der Waals surface area contributed by atoms with Crippen molar-refractivity contribution in [3.63, 3.8) is 0 Å². The van der Waals surface area contributed by atoms with E-state index in [2.05, 4.69) is 9.47 Å². The van der Waals surface area contributed by atoms with Gasteiger partial charge in [0.25, 0.3) is 0 Å². The molecule has 0 aliphatic heterocycles. The van der Waals surface area contributed by atoms with Crippen molar-refractivity contribution in [2.75, 3.05) is 0 Å². The first-order valence-electron chi connectivity index (χ1n) is 10.3. The van der Waals surface area contributed by atoms with Gasteiger partial charge in [0.1, 0.15) is 5.60 Å². The number of alkyl halides is 6. The quantitative estimate of drug-likeness (QED) is 0.322. The Kier molecular flexibility index (Phi) is 8.02. The summed E-state index contributed by atoms with van der Waals surface area (Å²) in [6.07, 6.45) is -13.3. The molecule has 3 nitrogen and oxygen atoms in total. The van der Waals surface area contributed by atoms with E-state index in [4.69, 9.17) is 0 Å². The summed E-state index contributed by atoms with van der Waals surface area (Å²) >= 11 is 0. The highest BCUT2D eigenvalue weighted by Crippen LogP contribution is 2.53. The van der Waals surface area contributed by atoms with Crippen LogP contribution in [-0.4, -0.2) is 24.1 Å². The minimum Gasteiger partial charge on any atom is -0.429 e. The van der Waals surface area contributed by atoms with Gasteiger partial charge in [0.2, 0.25) is 0 Å². The molecule has 1 rings (SSSR count). The normalized spacial score (nSPS) is 15.0. The molecule has 0 bridgehead atoms. The lowest BCUT2D eigenvalue weighted by atomic mass is 9.72. The van der Waals surface area contributed by atoms with Gasteiger partial charge in [-0.3, -0.25) is 0 Å². The number of hydrogen-bond acceptors (Lipinski definition) is 3. The minimum absolute atomic E-state index is 0.102. The second-order valence-corrected chi connectivity index (χ2v) is 10.4. The third-order valence-corrected chi connectivity index (χ3v) is 4.90. The van der Waals surface area contributed by atoms with E-state index in [1.807, 2.05) is 34.6 Å². The van der Waals surface area contributed by atoms with Gasteiger partial charge in [-0.2, -0.15) is 26.3 Å². The predicted octanol–water partition coefficient (Wildman–Crippen LogP) is 8.13. The van der Waals surface area contributed by atoms with Crippen molar-refractivity contribution < 1.29 is 40.6 Å². The molecule has 0 fully saturated rings. The lowest BCUT2D eigenvalue weighted by Crippen LogP contribution is -2.57. The Balaban J connectivity index is 3.60. The van der Waals surface area contributed by atoms with Crippen molar-refractivity contribution in [2.24, 2.45) is 11.3 Å². The van der Waals surface area contributed by atoms with Crippen molar-refractivity contribution in [3.05, 3.63) is 35.4 Å². The molecule has 0 saturated heterocycles. The topological polar surface area (TPSA) is 35.5 Å². The third-order valence-electron chi connectivity index (χ3n) is 4.90. The molecule has 32 heavy (non-hydrogen) atoms. The Hall–Kier alpha value is -1.93. The van der Waals surface area contributed by atoms with Crippen LogP contribution in [-0.2, 0) is 15.1 Å². The maximum atomic E-state index is 13.9. The molecule has 0 aliphatic carbocycles. The van der Waals surface area contributed by atoms with Gasteiger partial charge in [-0.1, -0.05) is 58.9 Å². The first kappa shape index (κ1) is 28.1. The van der Waals surface area contributed by atoms with Crippen molar-refractivity contribution in [1.29, 1.82) is 0 Å². The fourth-order valence-corrected chi connectivity index (χ4v) is 3.47. The largest absolute Gasteiger partial charge is 0.510 e. The highest BCUT2D eigenvalue weighted by atomic mass is 19.4. The molecule has 0 N–H and O–H groups in total. The first-order valence-corrected chi connectivity index (χ1v) is 10.3. The number of rotatable bonds is 5. The van der Waals surface area contributed by atoms with Crippen molar-refractivity contribution in [1.82, 2.24) is 0 Å². The van der Waals surface area contributed by atoms with E-state index in [1.165, 1.54) is 32.9 Å². The summed E-state index contributed by atoms with van der Waals surface area (Å²) < 4.78 is 92.2. The molecular weight excluding hydrogens is 438 g/mol. The lowest BCUT2D eigenvalue weighted by Gasteiger charge is -2.37. The lowest BCUT2D eigenvalue weighted by molar-refractivity contribution is -0.377. The van der Waals surface area contributed by atoms with Crippen LogP contribution in [0, 0.1) is 11.3 Å². The van der Waals surface area contributed by atoms with E-state index in [0.29, 0.717) is 12.0 Å². The molecule has 1 aromatic rings. The maximum absolute atomic E-state index is 13.9. The van der Waals surface area contributed by atoms with Crippen molar-refractivity contribution in [2.45, 2.75) is 91.3 Å². The highest BCUT2D eigenvalue weighted by molar-refractivity contribution is 5.62. The van der Waals surface area contributed by atoms with Gasteiger partial charge < -0.3 is 9.47 Å². The Labute approximate surface area is 185 Å². The number of carbonyl (C=O) groups excluding carboxylic acids is 1.